The van der Waals surface area contributed by atoms with Crippen molar-refractivity contribution in [2.24, 2.45) is 11.8 Å². The lowest BCUT2D eigenvalue weighted by Gasteiger charge is -2.33. The Kier molecular flexibility index (Phi) is 2.05. The standard InChI is InChI=1S/C10H20NO/c1-7-8(2)10(5,6)11(12)9(7,3)4/h7-8H,1-6H3. The van der Waals surface area contributed by atoms with Crippen LogP contribution in [0.2, 0.25) is 0 Å². The lowest BCUT2D eigenvalue weighted by atomic mass is 9.80. The molecule has 1 fully saturated rings. The van der Waals surface area contributed by atoms with Gasteiger partial charge in [0.1, 0.15) is 0 Å². The fourth-order valence-corrected chi connectivity index (χ4v) is 2.34. The van der Waals surface area contributed by atoms with Crippen LogP contribution in [0.1, 0.15) is 41.5 Å². The van der Waals surface area contributed by atoms with Gasteiger partial charge in [-0.05, 0) is 39.5 Å². The fourth-order valence-electron chi connectivity index (χ4n) is 2.34. The molecule has 1 heterocycles. The Morgan fingerprint density at radius 1 is 0.917 bits per heavy atom. The predicted octanol–water partition coefficient (Wildman–Crippen LogP) is 2.48. The van der Waals surface area contributed by atoms with Crippen molar-refractivity contribution in [3.05, 3.63) is 0 Å². The summed E-state index contributed by atoms with van der Waals surface area (Å²) >= 11 is 0. The largest absolute Gasteiger partial charge is 0.143 e. The van der Waals surface area contributed by atoms with Gasteiger partial charge >= 0.3 is 0 Å². The molecule has 0 spiro atoms. The molecule has 1 saturated heterocycles. The van der Waals surface area contributed by atoms with E-state index >= 15 is 0 Å². The Hall–Kier alpha value is -0.0800. The second-order valence-corrected chi connectivity index (χ2v) is 5.18. The van der Waals surface area contributed by atoms with Crippen LogP contribution in [0.3, 0.4) is 0 Å². The Morgan fingerprint density at radius 3 is 1.25 bits per heavy atom. The summed E-state index contributed by atoms with van der Waals surface area (Å²) in [6.45, 7) is 12.5. The van der Waals surface area contributed by atoms with Gasteiger partial charge in [-0.2, -0.15) is 0 Å². The number of nitrogens with zero attached hydrogens (tertiary/aromatic N) is 1. The maximum absolute atomic E-state index is 11.9. The highest BCUT2D eigenvalue weighted by Crippen LogP contribution is 2.47. The van der Waals surface area contributed by atoms with Gasteiger partial charge in [0.15, 0.2) is 0 Å². The number of rotatable bonds is 0. The first-order valence-electron chi connectivity index (χ1n) is 4.70. The van der Waals surface area contributed by atoms with Crippen molar-refractivity contribution < 1.29 is 5.21 Å². The van der Waals surface area contributed by atoms with Gasteiger partial charge in [0.05, 0.1) is 0 Å². The molecule has 0 aromatic rings. The maximum Gasteiger partial charge on any atom is 0.0472 e. The summed E-state index contributed by atoms with van der Waals surface area (Å²) in [5, 5.41) is 13.2. The van der Waals surface area contributed by atoms with E-state index in [1.807, 2.05) is 27.7 Å². The molecule has 2 atom stereocenters. The number of hydrogen-bond acceptors (Lipinski definition) is 1. The van der Waals surface area contributed by atoms with Gasteiger partial charge in [-0.25, -0.2) is 0 Å². The highest BCUT2D eigenvalue weighted by Gasteiger charge is 2.55. The van der Waals surface area contributed by atoms with E-state index in [2.05, 4.69) is 13.8 Å². The van der Waals surface area contributed by atoms with E-state index in [-0.39, 0.29) is 11.1 Å². The van der Waals surface area contributed by atoms with E-state index in [0.717, 1.165) is 0 Å². The fraction of sp³-hybridized carbons (Fsp3) is 1.00. The third-order valence-electron chi connectivity index (χ3n) is 4.03. The molecule has 0 aromatic heterocycles. The zero-order valence-corrected chi connectivity index (χ0v) is 9.01. The van der Waals surface area contributed by atoms with Gasteiger partial charge < -0.3 is 0 Å². The molecule has 0 N–H and O–H groups in total. The topological polar surface area (TPSA) is 23.1 Å². The van der Waals surface area contributed by atoms with Gasteiger partial charge in [0, 0.05) is 11.1 Å². The van der Waals surface area contributed by atoms with Gasteiger partial charge in [-0.15, -0.1) is 10.3 Å². The maximum atomic E-state index is 11.9. The molecule has 0 amide bonds. The number of hydrogen-bond donors (Lipinski definition) is 0. The second kappa shape index (κ2) is 2.46. The van der Waals surface area contributed by atoms with Crippen LogP contribution in [0.25, 0.3) is 0 Å². The highest BCUT2D eigenvalue weighted by molar-refractivity contribution is 5.04. The van der Waals surface area contributed by atoms with E-state index in [1.165, 1.54) is 5.06 Å². The normalized spacial score (nSPS) is 40.2. The van der Waals surface area contributed by atoms with Crippen LogP contribution in [0.15, 0.2) is 0 Å². The van der Waals surface area contributed by atoms with Crippen molar-refractivity contribution in [2.45, 2.75) is 52.6 Å². The van der Waals surface area contributed by atoms with Crippen LogP contribution < -0.4 is 0 Å². The van der Waals surface area contributed by atoms with Crippen molar-refractivity contribution in [1.29, 1.82) is 0 Å². The highest BCUT2D eigenvalue weighted by atomic mass is 16.5. The molecule has 71 valence electrons. The second-order valence-electron chi connectivity index (χ2n) is 5.18. The molecular formula is C10H20NO. The first kappa shape index (κ1) is 10.0. The summed E-state index contributed by atoms with van der Waals surface area (Å²) in [5.74, 6) is 0.926. The molecule has 1 rings (SSSR count). The van der Waals surface area contributed by atoms with Crippen LogP contribution >= 0.6 is 0 Å². The molecule has 0 saturated carbocycles. The molecule has 1 radical (unpaired) electrons. The molecule has 1 aliphatic heterocycles. The minimum Gasteiger partial charge on any atom is -0.143 e. The van der Waals surface area contributed by atoms with Crippen molar-refractivity contribution >= 4 is 0 Å². The first-order valence-corrected chi connectivity index (χ1v) is 4.70. The zero-order valence-electron chi connectivity index (χ0n) is 9.01. The zero-order chi connectivity index (χ0) is 9.73. The smallest absolute Gasteiger partial charge is 0.0472 e. The third kappa shape index (κ3) is 1.01. The minimum atomic E-state index is -0.205. The Labute approximate surface area is 75.5 Å². The minimum absolute atomic E-state index is 0.205. The van der Waals surface area contributed by atoms with E-state index in [9.17, 15) is 5.21 Å². The van der Waals surface area contributed by atoms with E-state index in [4.69, 9.17) is 0 Å². The van der Waals surface area contributed by atoms with Gasteiger partial charge in [-0.3, -0.25) is 0 Å². The van der Waals surface area contributed by atoms with E-state index in [1.54, 1.807) is 0 Å². The lowest BCUT2D eigenvalue weighted by Crippen LogP contribution is -2.46. The molecule has 0 bridgehead atoms. The predicted molar refractivity (Wildman–Crippen MR) is 49.0 cm³/mol. The van der Waals surface area contributed by atoms with Crippen LogP contribution in [-0.4, -0.2) is 16.1 Å². The Bertz CT molecular complexity index is 166. The molecule has 0 aliphatic carbocycles. The van der Waals surface area contributed by atoms with Crippen molar-refractivity contribution in [3.8, 4) is 0 Å². The Morgan fingerprint density at radius 2 is 1.17 bits per heavy atom. The monoisotopic (exact) mass is 170 g/mol. The molecule has 2 heteroatoms. The van der Waals surface area contributed by atoms with Crippen LogP contribution in [0, 0.1) is 11.8 Å². The van der Waals surface area contributed by atoms with Crippen molar-refractivity contribution in [2.75, 3.05) is 0 Å². The van der Waals surface area contributed by atoms with Gasteiger partial charge in [0.25, 0.3) is 0 Å². The first-order chi connectivity index (χ1) is 5.22. The van der Waals surface area contributed by atoms with E-state index < -0.39 is 0 Å². The van der Waals surface area contributed by atoms with Crippen LogP contribution in [0.4, 0.5) is 0 Å². The summed E-state index contributed by atoms with van der Waals surface area (Å²) in [7, 11) is 0. The molecule has 1 aliphatic rings. The summed E-state index contributed by atoms with van der Waals surface area (Å²) in [6.07, 6.45) is 0. The summed E-state index contributed by atoms with van der Waals surface area (Å²) < 4.78 is 0. The molecule has 12 heavy (non-hydrogen) atoms. The van der Waals surface area contributed by atoms with E-state index in [0.29, 0.717) is 11.8 Å². The molecule has 2 unspecified atom stereocenters. The average molecular weight is 170 g/mol. The lowest BCUT2D eigenvalue weighted by molar-refractivity contribution is -0.250. The molecular weight excluding hydrogens is 150 g/mol. The van der Waals surface area contributed by atoms with Crippen molar-refractivity contribution in [1.82, 2.24) is 5.06 Å². The molecule has 0 aromatic carbocycles. The third-order valence-corrected chi connectivity index (χ3v) is 4.03. The van der Waals surface area contributed by atoms with Crippen molar-refractivity contribution in [3.63, 3.8) is 0 Å². The van der Waals surface area contributed by atoms with Crippen LogP contribution in [0.5, 0.6) is 0 Å². The average Bonchev–Trinajstić information content (AvgIpc) is 2.06. The summed E-state index contributed by atoms with van der Waals surface area (Å²) in [4.78, 5) is 0. The number of hydroxylamine groups is 2. The van der Waals surface area contributed by atoms with Gasteiger partial charge in [-0.1, -0.05) is 13.8 Å². The quantitative estimate of drug-likeness (QED) is 0.547. The Balaban J connectivity index is 3.03. The summed E-state index contributed by atoms with van der Waals surface area (Å²) in [5.41, 5.74) is -0.411. The van der Waals surface area contributed by atoms with Gasteiger partial charge in [0.2, 0.25) is 0 Å². The van der Waals surface area contributed by atoms with Crippen LogP contribution in [-0.2, 0) is 5.21 Å². The summed E-state index contributed by atoms with van der Waals surface area (Å²) in [6, 6.07) is 0. The molecule has 2 nitrogen and oxygen atoms in total. The SMILES string of the molecule is CC1C(C)C(C)(C)N([O])C1(C)C.